The minimum Gasteiger partial charge on any atom is -0.427 e. The molecule has 1 aliphatic rings. The van der Waals surface area contributed by atoms with Crippen LogP contribution in [0.1, 0.15) is 34.1 Å². The van der Waals surface area contributed by atoms with Crippen LogP contribution in [0.25, 0.3) is 0 Å². The average molecular weight is 445 g/mol. The van der Waals surface area contributed by atoms with Gasteiger partial charge < -0.3 is 14.5 Å². The summed E-state index contributed by atoms with van der Waals surface area (Å²) in [6, 6.07) is 13.9. The lowest BCUT2D eigenvalue weighted by molar-refractivity contribution is -0.131. The van der Waals surface area contributed by atoms with E-state index in [1.54, 1.807) is 40.1 Å². The van der Waals surface area contributed by atoms with Gasteiger partial charge in [-0.15, -0.1) is 0 Å². The van der Waals surface area contributed by atoms with Crippen LogP contribution in [0.3, 0.4) is 0 Å². The van der Waals surface area contributed by atoms with Crippen LogP contribution in [0.4, 0.5) is 0 Å². The van der Waals surface area contributed by atoms with Crippen LogP contribution >= 0.6 is 15.9 Å². The Labute approximate surface area is 172 Å². The van der Waals surface area contributed by atoms with Crippen LogP contribution in [0, 0.1) is 0 Å². The van der Waals surface area contributed by atoms with Gasteiger partial charge in [0.1, 0.15) is 5.75 Å². The van der Waals surface area contributed by atoms with E-state index in [2.05, 4.69) is 15.9 Å². The molecule has 1 heterocycles. The summed E-state index contributed by atoms with van der Waals surface area (Å²) in [5.41, 5.74) is 1.08. The molecule has 1 saturated heterocycles. The summed E-state index contributed by atoms with van der Waals surface area (Å²) in [7, 11) is 0. The summed E-state index contributed by atoms with van der Waals surface area (Å²) in [4.78, 5) is 40.3. The van der Waals surface area contributed by atoms with E-state index in [0.29, 0.717) is 49.5 Å². The summed E-state index contributed by atoms with van der Waals surface area (Å²) in [5, 5.41) is 0. The van der Waals surface area contributed by atoms with Gasteiger partial charge in [0.2, 0.25) is 0 Å². The van der Waals surface area contributed by atoms with Crippen molar-refractivity contribution in [3.63, 3.8) is 0 Å². The molecule has 0 saturated carbocycles. The Balaban J connectivity index is 1.68. The van der Waals surface area contributed by atoms with Gasteiger partial charge in [-0.1, -0.05) is 18.2 Å². The molecule has 28 heavy (non-hydrogen) atoms. The van der Waals surface area contributed by atoms with Crippen molar-refractivity contribution in [2.45, 2.75) is 13.3 Å². The van der Waals surface area contributed by atoms with Crippen molar-refractivity contribution < 1.29 is 19.1 Å². The molecule has 0 N–H and O–H groups in total. The first-order valence-electron chi connectivity index (χ1n) is 9.07. The Morgan fingerprint density at radius 2 is 1.57 bits per heavy atom. The molecule has 0 radical (unpaired) electrons. The second-order valence-electron chi connectivity index (χ2n) is 6.54. The highest BCUT2D eigenvalue weighted by atomic mass is 79.9. The van der Waals surface area contributed by atoms with Crippen LogP contribution in [-0.2, 0) is 4.79 Å². The molecule has 7 heteroatoms. The molecule has 0 aliphatic carbocycles. The van der Waals surface area contributed by atoms with Crippen molar-refractivity contribution in [1.29, 1.82) is 0 Å². The van der Waals surface area contributed by atoms with Gasteiger partial charge in [0.05, 0.1) is 5.56 Å². The predicted molar refractivity (Wildman–Crippen MR) is 108 cm³/mol. The zero-order valence-corrected chi connectivity index (χ0v) is 17.1. The number of amides is 2. The maximum atomic E-state index is 12.9. The lowest BCUT2D eigenvalue weighted by atomic mass is 10.2. The molecule has 0 spiro atoms. The molecule has 0 unspecified atom stereocenters. The Bertz CT molecular complexity index is 899. The lowest BCUT2D eigenvalue weighted by Crippen LogP contribution is -2.37. The number of benzene rings is 2. The summed E-state index contributed by atoms with van der Waals surface area (Å²) < 4.78 is 5.82. The van der Waals surface area contributed by atoms with Gasteiger partial charge in [-0.3, -0.25) is 14.4 Å². The molecule has 0 atom stereocenters. The van der Waals surface area contributed by atoms with Crippen LogP contribution in [0.5, 0.6) is 5.75 Å². The van der Waals surface area contributed by atoms with E-state index in [1.165, 1.54) is 6.92 Å². The number of ether oxygens (including phenoxy) is 1. The Morgan fingerprint density at radius 3 is 2.25 bits per heavy atom. The fourth-order valence-electron chi connectivity index (χ4n) is 3.17. The number of esters is 1. The van der Waals surface area contributed by atoms with Crippen LogP contribution in [0.15, 0.2) is 53.0 Å². The Morgan fingerprint density at radius 1 is 0.893 bits per heavy atom. The van der Waals surface area contributed by atoms with Crippen LogP contribution < -0.4 is 4.74 Å². The Kier molecular flexibility index (Phi) is 6.46. The maximum absolute atomic E-state index is 12.9. The molecule has 2 aromatic carbocycles. The van der Waals surface area contributed by atoms with E-state index >= 15 is 0 Å². The molecule has 1 fully saturated rings. The van der Waals surface area contributed by atoms with E-state index in [4.69, 9.17) is 4.74 Å². The van der Waals surface area contributed by atoms with Crippen molar-refractivity contribution in [2.24, 2.45) is 0 Å². The van der Waals surface area contributed by atoms with Gasteiger partial charge >= 0.3 is 5.97 Å². The van der Waals surface area contributed by atoms with E-state index in [1.807, 2.05) is 18.2 Å². The number of halogens is 1. The van der Waals surface area contributed by atoms with Crippen molar-refractivity contribution in [3.05, 3.63) is 64.1 Å². The zero-order chi connectivity index (χ0) is 20.1. The first kappa shape index (κ1) is 20.1. The monoisotopic (exact) mass is 444 g/mol. The summed E-state index contributed by atoms with van der Waals surface area (Å²) in [6.45, 7) is 3.40. The smallest absolute Gasteiger partial charge is 0.308 e. The molecule has 0 bridgehead atoms. The third kappa shape index (κ3) is 4.78. The number of hydrogen-bond donors (Lipinski definition) is 0. The fourth-order valence-corrected chi connectivity index (χ4v) is 3.62. The molecule has 0 aromatic heterocycles. The molecule has 6 nitrogen and oxygen atoms in total. The van der Waals surface area contributed by atoms with Gasteiger partial charge in [0, 0.05) is 43.1 Å². The zero-order valence-electron chi connectivity index (χ0n) is 15.6. The quantitative estimate of drug-likeness (QED) is 0.537. The fraction of sp³-hybridized carbons (Fsp3) is 0.286. The number of carbonyl (C=O) groups excluding carboxylic acids is 3. The summed E-state index contributed by atoms with van der Waals surface area (Å²) in [6.07, 6.45) is 0.700. The first-order chi connectivity index (χ1) is 13.5. The number of carbonyl (C=O) groups is 3. The van der Waals surface area contributed by atoms with Crippen molar-refractivity contribution in [2.75, 3.05) is 26.2 Å². The third-order valence-electron chi connectivity index (χ3n) is 4.52. The van der Waals surface area contributed by atoms with Gasteiger partial charge in [-0.05, 0) is 52.7 Å². The molecule has 2 aromatic rings. The van der Waals surface area contributed by atoms with Gasteiger partial charge in [-0.25, -0.2) is 0 Å². The van der Waals surface area contributed by atoms with E-state index in [-0.39, 0.29) is 11.8 Å². The third-order valence-corrected chi connectivity index (χ3v) is 5.21. The van der Waals surface area contributed by atoms with E-state index < -0.39 is 5.97 Å². The minimum absolute atomic E-state index is 0.0429. The topological polar surface area (TPSA) is 66.9 Å². The largest absolute Gasteiger partial charge is 0.427 e. The number of rotatable bonds is 3. The molecule has 1 aliphatic heterocycles. The number of nitrogens with zero attached hydrogens (tertiary/aromatic N) is 2. The van der Waals surface area contributed by atoms with Crippen molar-refractivity contribution >= 4 is 33.7 Å². The molecule has 146 valence electrons. The van der Waals surface area contributed by atoms with Gasteiger partial charge in [0.25, 0.3) is 11.8 Å². The molecule has 2 amide bonds. The normalized spacial score (nSPS) is 14.4. The molecular weight excluding hydrogens is 424 g/mol. The van der Waals surface area contributed by atoms with Crippen LogP contribution in [0.2, 0.25) is 0 Å². The highest BCUT2D eigenvalue weighted by Gasteiger charge is 2.24. The highest BCUT2D eigenvalue weighted by Crippen LogP contribution is 2.20. The summed E-state index contributed by atoms with van der Waals surface area (Å²) >= 11 is 3.42. The second kappa shape index (κ2) is 9.01. The van der Waals surface area contributed by atoms with Gasteiger partial charge in [-0.2, -0.15) is 0 Å². The van der Waals surface area contributed by atoms with Crippen molar-refractivity contribution in [3.8, 4) is 5.75 Å². The van der Waals surface area contributed by atoms with E-state index in [9.17, 15) is 14.4 Å². The standard InChI is InChI=1S/C21H21BrN2O4/c1-15(25)28-17-7-4-6-16(14-17)20(26)23-10-5-11-24(13-12-23)21(27)18-8-2-3-9-19(18)22/h2-4,6-9,14H,5,10-13H2,1H3. The average Bonchev–Trinajstić information content (AvgIpc) is 2.93. The van der Waals surface area contributed by atoms with Gasteiger partial charge in [0.15, 0.2) is 0 Å². The lowest BCUT2D eigenvalue weighted by Gasteiger charge is -2.23. The first-order valence-corrected chi connectivity index (χ1v) is 9.86. The molecular formula is C21H21BrN2O4. The highest BCUT2D eigenvalue weighted by molar-refractivity contribution is 9.10. The molecule has 3 rings (SSSR count). The maximum Gasteiger partial charge on any atom is 0.308 e. The van der Waals surface area contributed by atoms with Crippen LogP contribution in [-0.4, -0.2) is 53.8 Å². The SMILES string of the molecule is CC(=O)Oc1cccc(C(=O)N2CCCN(C(=O)c3ccccc3Br)CC2)c1. The predicted octanol–water partition coefficient (Wildman–Crippen LogP) is 3.36. The minimum atomic E-state index is -0.430. The van der Waals surface area contributed by atoms with Crippen molar-refractivity contribution in [1.82, 2.24) is 9.80 Å². The Hall–Kier alpha value is -2.67. The van der Waals surface area contributed by atoms with E-state index in [0.717, 1.165) is 4.47 Å². The summed E-state index contributed by atoms with van der Waals surface area (Å²) in [5.74, 6) is -0.262. The number of hydrogen-bond acceptors (Lipinski definition) is 4. The second-order valence-corrected chi connectivity index (χ2v) is 7.39.